The van der Waals surface area contributed by atoms with Gasteiger partial charge in [-0.25, -0.2) is 0 Å². The molecule has 2 aromatic rings. The molecule has 0 aliphatic carbocycles. The van der Waals surface area contributed by atoms with E-state index in [0.29, 0.717) is 5.69 Å². The summed E-state index contributed by atoms with van der Waals surface area (Å²) in [5.74, 6) is -1.05. The maximum absolute atomic E-state index is 12.1. The monoisotopic (exact) mass is 361 g/mol. The molecule has 0 fully saturated rings. The van der Waals surface area contributed by atoms with Gasteiger partial charge in [-0.3, -0.25) is 14.4 Å². The van der Waals surface area contributed by atoms with E-state index in [9.17, 15) is 14.4 Å². The molecular weight excluding hydrogens is 342 g/mol. The third-order valence-corrected chi connectivity index (χ3v) is 4.13. The SMILES string of the molecule is CSc1ccccc1NC(=O)CN(C)C(=O)CNC(=O)c1ccco1. The lowest BCUT2D eigenvalue weighted by molar-refractivity contribution is -0.132. The molecule has 7 nitrogen and oxygen atoms in total. The predicted molar refractivity (Wildman–Crippen MR) is 95.5 cm³/mol. The second-order valence-electron chi connectivity index (χ2n) is 5.16. The fourth-order valence-corrected chi connectivity index (χ4v) is 2.58. The average Bonchev–Trinajstić information content (AvgIpc) is 3.14. The number of nitrogens with one attached hydrogen (secondary N) is 2. The first kappa shape index (κ1) is 18.6. The first-order chi connectivity index (χ1) is 12.0. The van der Waals surface area contributed by atoms with Gasteiger partial charge in [-0.1, -0.05) is 12.1 Å². The lowest BCUT2D eigenvalue weighted by atomic mass is 10.3. The van der Waals surface area contributed by atoms with E-state index in [-0.39, 0.29) is 30.7 Å². The van der Waals surface area contributed by atoms with E-state index in [0.717, 1.165) is 4.90 Å². The van der Waals surface area contributed by atoms with E-state index in [1.54, 1.807) is 12.1 Å². The molecule has 0 radical (unpaired) electrons. The van der Waals surface area contributed by atoms with Crippen LogP contribution in [-0.2, 0) is 9.59 Å². The van der Waals surface area contributed by atoms with E-state index < -0.39 is 5.91 Å². The van der Waals surface area contributed by atoms with Gasteiger partial charge in [0.1, 0.15) is 0 Å². The zero-order chi connectivity index (χ0) is 18.2. The molecule has 0 aliphatic heterocycles. The van der Waals surface area contributed by atoms with Crippen LogP contribution in [0.1, 0.15) is 10.6 Å². The number of furan rings is 1. The van der Waals surface area contributed by atoms with Gasteiger partial charge in [-0.05, 0) is 30.5 Å². The smallest absolute Gasteiger partial charge is 0.287 e. The Morgan fingerprint density at radius 2 is 1.92 bits per heavy atom. The van der Waals surface area contributed by atoms with E-state index in [1.165, 1.54) is 36.0 Å². The fourth-order valence-electron chi connectivity index (χ4n) is 2.03. The molecule has 0 spiro atoms. The number of amides is 3. The molecule has 0 aliphatic rings. The second-order valence-corrected chi connectivity index (χ2v) is 6.01. The maximum atomic E-state index is 12.1. The molecule has 2 rings (SSSR count). The number of hydrogen-bond acceptors (Lipinski definition) is 5. The Labute approximate surface area is 149 Å². The number of benzene rings is 1. The number of nitrogens with zero attached hydrogens (tertiary/aromatic N) is 1. The Morgan fingerprint density at radius 3 is 2.60 bits per heavy atom. The number of anilines is 1. The van der Waals surface area contributed by atoms with Crippen molar-refractivity contribution in [3.8, 4) is 0 Å². The minimum atomic E-state index is -0.481. The van der Waals surface area contributed by atoms with E-state index in [1.807, 2.05) is 24.5 Å². The molecule has 8 heteroatoms. The number of carbonyl (C=O) groups excluding carboxylic acids is 3. The molecule has 1 aromatic carbocycles. The van der Waals surface area contributed by atoms with Crippen LogP contribution in [0, 0.1) is 0 Å². The van der Waals surface area contributed by atoms with Crippen LogP contribution in [-0.4, -0.2) is 49.0 Å². The van der Waals surface area contributed by atoms with Crippen molar-refractivity contribution in [2.24, 2.45) is 0 Å². The van der Waals surface area contributed by atoms with E-state index in [2.05, 4.69) is 10.6 Å². The third-order valence-electron chi connectivity index (χ3n) is 3.33. The van der Waals surface area contributed by atoms with Gasteiger partial charge in [0.05, 0.1) is 25.0 Å². The second kappa shape index (κ2) is 8.93. The number of carbonyl (C=O) groups is 3. The summed E-state index contributed by atoms with van der Waals surface area (Å²) in [6, 6.07) is 10.5. The molecule has 0 saturated carbocycles. The maximum Gasteiger partial charge on any atom is 0.287 e. The Bertz CT molecular complexity index is 746. The van der Waals surface area contributed by atoms with E-state index >= 15 is 0 Å². The van der Waals surface area contributed by atoms with Crippen LogP contribution >= 0.6 is 11.8 Å². The largest absolute Gasteiger partial charge is 0.459 e. The Balaban J connectivity index is 1.81. The quantitative estimate of drug-likeness (QED) is 0.734. The first-order valence-corrected chi connectivity index (χ1v) is 8.72. The lowest BCUT2D eigenvalue weighted by Crippen LogP contribution is -2.41. The zero-order valence-corrected chi connectivity index (χ0v) is 14.8. The standard InChI is InChI=1S/C17H19N3O4S/c1-20(16(22)10-18-17(23)13-7-5-9-24-13)11-15(21)19-12-6-3-4-8-14(12)25-2/h3-9H,10-11H2,1-2H3,(H,18,23)(H,19,21). The summed E-state index contributed by atoms with van der Waals surface area (Å²) in [6.45, 7) is -0.330. The molecule has 0 atom stereocenters. The molecule has 3 amide bonds. The van der Waals surface area contributed by atoms with Crippen molar-refractivity contribution in [2.45, 2.75) is 4.90 Å². The fraction of sp³-hybridized carbons (Fsp3) is 0.235. The molecule has 0 saturated heterocycles. The van der Waals surface area contributed by atoms with Crippen LogP contribution < -0.4 is 10.6 Å². The van der Waals surface area contributed by atoms with Crippen molar-refractivity contribution in [1.82, 2.24) is 10.2 Å². The van der Waals surface area contributed by atoms with Crippen molar-refractivity contribution >= 4 is 35.2 Å². The number of likely N-dealkylation sites (N-methyl/N-ethyl adjacent to an activating group) is 1. The van der Waals surface area contributed by atoms with Crippen molar-refractivity contribution in [3.05, 3.63) is 48.4 Å². The van der Waals surface area contributed by atoms with Crippen LogP contribution in [0.25, 0.3) is 0 Å². The van der Waals surface area contributed by atoms with Gasteiger partial charge < -0.3 is 20.0 Å². The molecule has 1 aromatic heterocycles. The van der Waals surface area contributed by atoms with Gasteiger partial charge in [-0.15, -0.1) is 11.8 Å². The topological polar surface area (TPSA) is 91.7 Å². The molecule has 0 bridgehead atoms. The lowest BCUT2D eigenvalue weighted by Gasteiger charge is -2.17. The first-order valence-electron chi connectivity index (χ1n) is 7.49. The number of thioether (sulfide) groups is 1. The Hall–Kier alpha value is -2.74. The predicted octanol–water partition coefficient (Wildman–Crippen LogP) is 1.83. The van der Waals surface area contributed by atoms with Gasteiger partial charge in [-0.2, -0.15) is 0 Å². The molecule has 1 heterocycles. The normalized spacial score (nSPS) is 10.2. The molecule has 132 valence electrons. The van der Waals surface area contributed by atoms with Crippen LogP contribution in [0.3, 0.4) is 0 Å². The van der Waals surface area contributed by atoms with Gasteiger partial charge in [0.2, 0.25) is 11.8 Å². The van der Waals surface area contributed by atoms with Crippen LogP contribution in [0.2, 0.25) is 0 Å². The minimum absolute atomic E-state index is 0.113. The Morgan fingerprint density at radius 1 is 1.16 bits per heavy atom. The van der Waals surface area contributed by atoms with Gasteiger partial charge in [0.25, 0.3) is 5.91 Å². The highest BCUT2D eigenvalue weighted by molar-refractivity contribution is 7.98. The highest BCUT2D eigenvalue weighted by atomic mass is 32.2. The summed E-state index contributed by atoms with van der Waals surface area (Å²) in [6.07, 6.45) is 3.29. The highest BCUT2D eigenvalue weighted by Crippen LogP contribution is 2.24. The van der Waals surface area contributed by atoms with Gasteiger partial charge >= 0.3 is 0 Å². The Kier molecular flexibility index (Phi) is 6.64. The molecule has 0 unspecified atom stereocenters. The summed E-state index contributed by atoms with van der Waals surface area (Å²) in [5, 5.41) is 5.23. The van der Waals surface area contributed by atoms with Gasteiger partial charge in [0, 0.05) is 11.9 Å². The van der Waals surface area contributed by atoms with Crippen molar-refractivity contribution < 1.29 is 18.8 Å². The van der Waals surface area contributed by atoms with E-state index in [4.69, 9.17) is 4.42 Å². The molecular formula is C17H19N3O4S. The van der Waals surface area contributed by atoms with Crippen LogP contribution in [0.15, 0.2) is 52.0 Å². The number of rotatable bonds is 7. The van der Waals surface area contributed by atoms with Crippen molar-refractivity contribution in [1.29, 1.82) is 0 Å². The summed E-state index contributed by atoms with van der Waals surface area (Å²) < 4.78 is 4.94. The summed E-state index contributed by atoms with van der Waals surface area (Å²) in [7, 11) is 1.50. The molecule has 25 heavy (non-hydrogen) atoms. The van der Waals surface area contributed by atoms with Crippen molar-refractivity contribution in [2.75, 3.05) is 31.7 Å². The average molecular weight is 361 g/mol. The van der Waals surface area contributed by atoms with Crippen molar-refractivity contribution in [3.63, 3.8) is 0 Å². The summed E-state index contributed by atoms with van der Waals surface area (Å²) in [5.41, 5.74) is 0.701. The number of para-hydroxylation sites is 1. The molecule has 2 N–H and O–H groups in total. The number of hydrogen-bond donors (Lipinski definition) is 2. The summed E-state index contributed by atoms with van der Waals surface area (Å²) >= 11 is 1.52. The van der Waals surface area contributed by atoms with Crippen LogP contribution in [0.5, 0.6) is 0 Å². The van der Waals surface area contributed by atoms with Gasteiger partial charge in [0.15, 0.2) is 5.76 Å². The third kappa shape index (κ3) is 5.39. The minimum Gasteiger partial charge on any atom is -0.459 e. The zero-order valence-electron chi connectivity index (χ0n) is 13.9. The highest BCUT2D eigenvalue weighted by Gasteiger charge is 2.16. The van der Waals surface area contributed by atoms with Crippen LogP contribution in [0.4, 0.5) is 5.69 Å². The summed E-state index contributed by atoms with van der Waals surface area (Å²) in [4.78, 5) is 38.0.